The van der Waals surface area contributed by atoms with E-state index in [1.165, 1.54) is 0 Å². The number of ether oxygens (including phenoxy) is 1. The van der Waals surface area contributed by atoms with Gasteiger partial charge in [-0.1, -0.05) is 19.1 Å². The minimum absolute atomic E-state index is 0.153. The Balaban J connectivity index is 1.98. The van der Waals surface area contributed by atoms with Crippen LogP contribution >= 0.6 is 0 Å². The molecular weight excluding hydrogens is 240 g/mol. The van der Waals surface area contributed by atoms with Crippen molar-refractivity contribution in [3.8, 4) is 5.75 Å². The van der Waals surface area contributed by atoms with Crippen molar-refractivity contribution in [2.24, 2.45) is 0 Å². The number of hydrogen-bond donors (Lipinski definition) is 1. The van der Waals surface area contributed by atoms with E-state index < -0.39 is 0 Å². The first-order valence-electron chi connectivity index (χ1n) is 7.06. The van der Waals surface area contributed by atoms with Gasteiger partial charge in [-0.2, -0.15) is 0 Å². The van der Waals surface area contributed by atoms with E-state index in [9.17, 15) is 4.79 Å². The molecule has 1 N–H and O–H groups in total. The van der Waals surface area contributed by atoms with Crippen molar-refractivity contribution >= 4 is 11.6 Å². The lowest BCUT2D eigenvalue weighted by Crippen LogP contribution is -2.33. The molecule has 4 heteroatoms. The van der Waals surface area contributed by atoms with Crippen LogP contribution in [-0.4, -0.2) is 32.1 Å². The fourth-order valence-corrected chi connectivity index (χ4v) is 2.23. The molecule has 0 radical (unpaired) electrons. The van der Waals surface area contributed by atoms with Crippen LogP contribution in [0.5, 0.6) is 5.75 Å². The van der Waals surface area contributed by atoms with Crippen LogP contribution in [0.2, 0.25) is 0 Å². The quantitative estimate of drug-likeness (QED) is 0.799. The maximum absolute atomic E-state index is 12.1. The van der Waals surface area contributed by atoms with Crippen molar-refractivity contribution in [2.75, 3.05) is 31.1 Å². The molecule has 0 saturated carbocycles. The number of hydrogen-bond acceptors (Lipinski definition) is 3. The molecule has 0 saturated heterocycles. The summed E-state index contributed by atoms with van der Waals surface area (Å²) in [6.45, 7) is 5.35. The van der Waals surface area contributed by atoms with Crippen LogP contribution in [-0.2, 0) is 4.79 Å². The molecule has 0 unspecified atom stereocenters. The number of carbonyl (C=O) groups is 1. The molecule has 0 aromatic heterocycles. The Labute approximate surface area is 114 Å². The van der Waals surface area contributed by atoms with Gasteiger partial charge in [0.15, 0.2) is 0 Å². The Kier molecular flexibility index (Phi) is 5.21. The summed E-state index contributed by atoms with van der Waals surface area (Å²) in [6.07, 6.45) is 2.55. The van der Waals surface area contributed by atoms with E-state index in [-0.39, 0.29) is 5.91 Å². The summed E-state index contributed by atoms with van der Waals surface area (Å²) in [6, 6.07) is 7.77. The Morgan fingerprint density at radius 2 is 2.16 bits per heavy atom. The normalized spacial score (nSPS) is 14.8. The fraction of sp³-hybridized carbons (Fsp3) is 0.533. The third-order valence-electron chi connectivity index (χ3n) is 3.19. The summed E-state index contributed by atoms with van der Waals surface area (Å²) in [5, 5.41) is 3.36. The highest BCUT2D eigenvalue weighted by molar-refractivity contribution is 5.95. The van der Waals surface area contributed by atoms with Gasteiger partial charge in [0.1, 0.15) is 5.75 Å². The van der Waals surface area contributed by atoms with Gasteiger partial charge in [0, 0.05) is 6.54 Å². The number of para-hydroxylation sites is 2. The smallest absolute Gasteiger partial charge is 0.230 e. The van der Waals surface area contributed by atoms with E-state index in [1.807, 2.05) is 29.2 Å². The number of amides is 1. The average Bonchev–Trinajstić information content (AvgIpc) is 2.58. The van der Waals surface area contributed by atoms with Gasteiger partial charge < -0.3 is 15.0 Å². The predicted molar refractivity (Wildman–Crippen MR) is 76.7 cm³/mol. The standard InChI is InChI=1S/C15H22N2O2/c1-2-9-16-10-5-11-17-13-6-3-4-7-14(13)19-12-8-15(17)18/h3-4,6-7,16H,2,5,8-12H2,1H3. The van der Waals surface area contributed by atoms with Gasteiger partial charge in [-0.15, -0.1) is 0 Å². The molecule has 0 spiro atoms. The average molecular weight is 262 g/mol. The van der Waals surface area contributed by atoms with Crippen molar-refractivity contribution in [2.45, 2.75) is 26.2 Å². The van der Waals surface area contributed by atoms with Crippen molar-refractivity contribution in [1.29, 1.82) is 0 Å². The van der Waals surface area contributed by atoms with Crippen LogP contribution in [0.15, 0.2) is 24.3 Å². The van der Waals surface area contributed by atoms with E-state index in [0.29, 0.717) is 13.0 Å². The summed E-state index contributed by atoms with van der Waals surface area (Å²) in [5.74, 6) is 0.968. The Bertz CT molecular complexity index is 420. The van der Waals surface area contributed by atoms with E-state index in [4.69, 9.17) is 4.74 Å². The van der Waals surface area contributed by atoms with Gasteiger partial charge in [-0.05, 0) is 38.1 Å². The van der Waals surface area contributed by atoms with Gasteiger partial charge >= 0.3 is 0 Å². The van der Waals surface area contributed by atoms with E-state index >= 15 is 0 Å². The highest BCUT2D eigenvalue weighted by atomic mass is 16.5. The fourth-order valence-electron chi connectivity index (χ4n) is 2.23. The molecule has 0 fully saturated rings. The Morgan fingerprint density at radius 3 is 3.00 bits per heavy atom. The van der Waals surface area contributed by atoms with Crippen molar-refractivity contribution in [1.82, 2.24) is 5.32 Å². The number of benzene rings is 1. The molecule has 0 atom stereocenters. The zero-order valence-electron chi connectivity index (χ0n) is 11.5. The summed E-state index contributed by atoms with van der Waals surface area (Å²) < 4.78 is 5.62. The summed E-state index contributed by atoms with van der Waals surface area (Å²) in [4.78, 5) is 14.0. The van der Waals surface area contributed by atoms with Crippen molar-refractivity contribution in [3.05, 3.63) is 24.3 Å². The zero-order valence-corrected chi connectivity index (χ0v) is 11.5. The van der Waals surface area contributed by atoms with Gasteiger partial charge in [0.05, 0.1) is 18.7 Å². The topological polar surface area (TPSA) is 41.6 Å². The SMILES string of the molecule is CCCNCCCN1C(=O)CCOc2ccccc21. The molecule has 0 aliphatic carbocycles. The molecule has 4 nitrogen and oxygen atoms in total. The van der Waals surface area contributed by atoms with Crippen LogP contribution in [0.3, 0.4) is 0 Å². The molecule has 1 amide bonds. The zero-order chi connectivity index (χ0) is 13.5. The first kappa shape index (κ1) is 13.9. The first-order valence-corrected chi connectivity index (χ1v) is 7.06. The molecule has 1 aromatic rings. The summed E-state index contributed by atoms with van der Waals surface area (Å²) >= 11 is 0. The van der Waals surface area contributed by atoms with Crippen LogP contribution in [0.1, 0.15) is 26.2 Å². The first-order chi connectivity index (χ1) is 9.33. The largest absolute Gasteiger partial charge is 0.491 e. The Morgan fingerprint density at radius 1 is 1.32 bits per heavy atom. The highest BCUT2D eigenvalue weighted by Crippen LogP contribution is 2.30. The number of nitrogens with one attached hydrogen (secondary N) is 1. The second kappa shape index (κ2) is 7.14. The number of rotatable bonds is 6. The molecule has 104 valence electrons. The van der Waals surface area contributed by atoms with Gasteiger partial charge in [0.2, 0.25) is 5.91 Å². The van der Waals surface area contributed by atoms with Crippen molar-refractivity contribution in [3.63, 3.8) is 0 Å². The van der Waals surface area contributed by atoms with Gasteiger partial charge in [-0.3, -0.25) is 4.79 Å². The van der Waals surface area contributed by atoms with Crippen LogP contribution in [0.4, 0.5) is 5.69 Å². The van der Waals surface area contributed by atoms with Gasteiger partial charge in [0.25, 0.3) is 0 Å². The number of nitrogens with zero attached hydrogens (tertiary/aromatic N) is 1. The predicted octanol–water partition coefficient (Wildman–Crippen LogP) is 2.19. The highest BCUT2D eigenvalue weighted by Gasteiger charge is 2.22. The molecule has 1 aliphatic heterocycles. The van der Waals surface area contributed by atoms with Crippen LogP contribution < -0.4 is 15.0 Å². The minimum Gasteiger partial charge on any atom is -0.491 e. The number of anilines is 1. The van der Waals surface area contributed by atoms with Crippen LogP contribution in [0.25, 0.3) is 0 Å². The lowest BCUT2D eigenvalue weighted by Gasteiger charge is -2.21. The number of fused-ring (bicyclic) bond motifs is 1. The third kappa shape index (κ3) is 3.70. The minimum atomic E-state index is 0.153. The molecule has 1 aliphatic rings. The maximum atomic E-state index is 12.1. The van der Waals surface area contributed by atoms with Crippen LogP contribution in [0, 0.1) is 0 Å². The Hall–Kier alpha value is -1.55. The second-order valence-electron chi connectivity index (χ2n) is 4.72. The summed E-state index contributed by atoms with van der Waals surface area (Å²) in [7, 11) is 0. The number of carbonyl (C=O) groups excluding carboxylic acids is 1. The van der Waals surface area contributed by atoms with Gasteiger partial charge in [-0.25, -0.2) is 0 Å². The maximum Gasteiger partial charge on any atom is 0.230 e. The molecule has 1 heterocycles. The molecule has 2 rings (SSSR count). The lowest BCUT2D eigenvalue weighted by atomic mass is 10.2. The molecular formula is C15H22N2O2. The molecule has 1 aromatic carbocycles. The monoisotopic (exact) mass is 262 g/mol. The third-order valence-corrected chi connectivity index (χ3v) is 3.19. The van der Waals surface area contributed by atoms with Crippen molar-refractivity contribution < 1.29 is 9.53 Å². The van der Waals surface area contributed by atoms with E-state index in [1.54, 1.807) is 0 Å². The lowest BCUT2D eigenvalue weighted by molar-refractivity contribution is -0.118. The second-order valence-corrected chi connectivity index (χ2v) is 4.72. The summed E-state index contributed by atoms with van der Waals surface area (Å²) in [5.41, 5.74) is 0.903. The van der Waals surface area contributed by atoms with E-state index in [0.717, 1.165) is 43.9 Å². The van der Waals surface area contributed by atoms with E-state index in [2.05, 4.69) is 12.2 Å². The molecule has 19 heavy (non-hydrogen) atoms. The molecule has 0 bridgehead atoms.